The fourth-order valence-electron chi connectivity index (χ4n) is 2.74. The van der Waals surface area contributed by atoms with Crippen LogP contribution in [0.25, 0.3) is 0 Å². The summed E-state index contributed by atoms with van der Waals surface area (Å²) in [6, 6.07) is 10.8. The summed E-state index contributed by atoms with van der Waals surface area (Å²) in [4.78, 5) is 4.30. The number of sulfonamides is 1. The van der Waals surface area contributed by atoms with Gasteiger partial charge < -0.3 is 9.80 Å². The normalized spacial score (nSPS) is 16.0. The van der Waals surface area contributed by atoms with Crippen LogP contribution in [-0.4, -0.2) is 63.2 Å². The number of rotatable bonds is 4. The highest BCUT2D eigenvalue weighted by Crippen LogP contribution is 2.20. The van der Waals surface area contributed by atoms with E-state index in [2.05, 4.69) is 15.1 Å². The van der Waals surface area contributed by atoms with Gasteiger partial charge >= 0.3 is 0 Å². The minimum atomic E-state index is -3.44. The molecule has 0 atom stereocenters. The van der Waals surface area contributed by atoms with E-state index >= 15 is 0 Å². The van der Waals surface area contributed by atoms with Crippen LogP contribution in [0.2, 0.25) is 0 Å². The van der Waals surface area contributed by atoms with E-state index in [0.29, 0.717) is 31.1 Å². The van der Waals surface area contributed by atoms with Crippen LogP contribution in [-0.2, 0) is 10.0 Å². The Morgan fingerprint density at radius 1 is 0.920 bits per heavy atom. The number of hydrogen-bond donors (Lipinski definition) is 0. The van der Waals surface area contributed by atoms with Crippen LogP contribution in [0.15, 0.2) is 41.3 Å². The van der Waals surface area contributed by atoms with E-state index < -0.39 is 10.0 Å². The standard InChI is InChI=1S/C17H23N5O2S/c1-14-4-6-15(7-5-14)25(23,24)22-12-10-21(11-13-22)17-9-8-16(18-19-17)20(2)3/h4-9H,10-13H2,1-3H3. The van der Waals surface area contributed by atoms with Gasteiger partial charge in [0.15, 0.2) is 11.6 Å². The Morgan fingerprint density at radius 3 is 2.08 bits per heavy atom. The fourth-order valence-corrected chi connectivity index (χ4v) is 4.16. The van der Waals surface area contributed by atoms with Gasteiger partial charge in [-0.2, -0.15) is 4.31 Å². The summed E-state index contributed by atoms with van der Waals surface area (Å²) in [5, 5.41) is 8.42. The van der Waals surface area contributed by atoms with Crippen LogP contribution in [0.4, 0.5) is 11.6 Å². The Labute approximate surface area is 148 Å². The van der Waals surface area contributed by atoms with Gasteiger partial charge in [0.05, 0.1) is 4.90 Å². The topological polar surface area (TPSA) is 69.6 Å². The molecule has 1 aliphatic heterocycles. The van der Waals surface area contributed by atoms with Crippen molar-refractivity contribution in [3.63, 3.8) is 0 Å². The second kappa shape index (κ2) is 6.97. The second-order valence-corrected chi connectivity index (χ2v) is 8.29. The summed E-state index contributed by atoms with van der Waals surface area (Å²) in [5.41, 5.74) is 1.04. The van der Waals surface area contributed by atoms with Crippen molar-refractivity contribution in [2.45, 2.75) is 11.8 Å². The number of aromatic nitrogens is 2. The van der Waals surface area contributed by atoms with Crippen molar-refractivity contribution < 1.29 is 8.42 Å². The maximum absolute atomic E-state index is 12.7. The average molecular weight is 361 g/mol. The molecule has 0 saturated carbocycles. The third-order valence-electron chi connectivity index (χ3n) is 4.32. The number of hydrogen-bond acceptors (Lipinski definition) is 6. The smallest absolute Gasteiger partial charge is 0.243 e. The summed E-state index contributed by atoms with van der Waals surface area (Å²) in [7, 11) is 0.392. The summed E-state index contributed by atoms with van der Waals surface area (Å²) in [5.74, 6) is 1.57. The van der Waals surface area contributed by atoms with Crippen molar-refractivity contribution in [3.8, 4) is 0 Å². The molecular formula is C17H23N5O2S. The molecule has 0 amide bonds. The first-order valence-corrected chi connectivity index (χ1v) is 9.65. The molecule has 1 aliphatic rings. The minimum absolute atomic E-state index is 0.349. The molecule has 1 aromatic heterocycles. The zero-order valence-corrected chi connectivity index (χ0v) is 15.6. The summed E-state index contributed by atoms with van der Waals surface area (Å²) < 4.78 is 27.0. The van der Waals surface area contributed by atoms with Gasteiger partial charge in [0.1, 0.15) is 0 Å². The molecule has 134 valence electrons. The SMILES string of the molecule is Cc1ccc(S(=O)(=O)N2CCN(c3ccc(N(C)C)nn3)CC2)cc1. The highest BCUT2D eigenvalue weighted by atomic mass is 32.2. The molecule has 25 heavy (non-hydrogen) atoms. The van der Waals surface area contributed by atoms with E-state index in [1.54, 1.807) is 12.1 Å². The van der Waals surface area contributed by atoms with Crippen LogP contribution in [0, 0.1) is 6.92 Å². The van der Waals surface area contributed by atoms with Crippen molar-refractivity contribution in [1.29, 1.82) is 0 Å². The van der Waals surface area contributed by atoms with E-state index in [-0.39, 0.29) is 0 Å². The molecule has 0 N–H and O–H groups in total. The van der Waals surface area contributed by atoms with Gasteiger partial charge in [-0.1, -0.05) is 17.7 Å². The summed E-state index contributed by atoms with van der Waals surface area (Å²) >= 11 is 0. The third-order valence-corrected chi connectivity index (χ3v) is 6.23. The highest BCUT2D eigenvalue weighted by molar-refractivity contribution is 7.89. The van der Waals surface area contributed by atoms with E-state index in [9.17, 15) is 8.42 Å². The molecule has 0 radical (unpaired) electrons. The summed E-state index contributed by atoms with van der Waals surface area (Å²) in [6.45, 7) is 4.01. The third kappa shape index (κ3) is 3.74. The first kappa shape index (κ1) is 17.6. The molecule has 3 rings (SSSR count). The van der Waals surface area contributed by atoms with Crippen LogP contribution in [0.3, 0.4) is 0 Å². The molecule has 1 saturated heterocycles. The molecule has 1 aromatic carbocycles. The van der Waals surface area contributed by atoms with Gasteiger partial charge in [0.2, 0.25) is 10.0 Å². The van der Waals surface area contributed by atoms with Crippen LogP contribution in [0.1, 0.15) is 5.56 Å². The van der Waals surface area contributed by atoms with E-state index in [1.165, 1.54) is 4.31 Å². The largest absolute Gasteiger partial charge is 0.361 e. The quantitative estimate of drug-likeness (QED) is 0.819. The van der Waals surface area contributed by atoms with Crippen LogP contribution >= 0.6 is 0 Å². The maximum atomic E-state index is 12.7. The molecular weight excluding hydrogens is 338 g/mol. The van der Waals surface area contributed by atoms with Crippen LogP contribution < -0.4 is 9.80 Å². The average Bonchev–Trinajstić information content (AvgIpc) is 2.62. The molecule has 2 aromatic rings. The molecule has 8 heteroatoms. The van der Waals surface area contributed by atoms with Crippen molar-refractivity contribution in [1.82, 2.24) is 14.5 Å². The predicted molar refractivity (Wildman–Crippen MR) is 98.5 cm³/mol. The zero-order chi connectivity index (χ0) is 18.0. The van der Waals surface area contributed by atoms with Gasteiger partial charge in [0.25, 0.3) is 0 Å². The number of piperazine rings is 1. The van der Waals surface area contributed by atoms with E-state index in [4.69, 9.17) is 0 Å². The lowest BCUT2D eigenvalue weighted by atomic mass is 10.2. The Hall–Kier alpha value is -2.19. The maximum Gasteiger partial charge on any atom is 0.243 e. The van der Waals surface area contributed by atoms with Crippen LogP contribution in [0.5, 0.6) is 0 Å². The van der Waals surface area contributed by atoms with Gasteiger partial charge in [-0.05, 0) is 31.2 Å². The number of anilines is 2. The lowest BCUT2D eigenvalue weighted by molar-refractivity contribution is 0.383. The fraction of sp³-hybridized carbons (Fsp3) is 0.412. The van der Waals surface area contributed by atoms with Crippen molar-refractivity contribution in [2.75, 3.05) is 50.1 Å². The molecule has 0 unspecified atom stereocenters. The Morgan fingerprint density at radius 2 is 1.56 bits per heavy atom. The second-order valence-electron chi connectivity index (χ2n) is 6.35. The number of benzene rings is 1. The Bertz CT molecular complexity index is 811. The monoisotopic (exact) mass is 361 g/mol. The molecule has 7 nitrogen and oxygen atoms in total. The molecule has 2 heterocycles. The van der Waals surface area contributed by atoms with Gasteiger partial charge in [-0.3, -0.25) is 0 Å². The van der Waals surface area contributed by atoms with Gasteiger partial charge in [-0.25, -0.2) is 8.42 Å². The Kier molecular flexibility index (Phi) is 4.91. The molecule has 0 bridgehead atoms. The lowest BCUT2D eigenvalue weighted by Crippen LogP contribution is -2.49. The predicted octanol–water partition coefficient (Wildman–Crippen LogP) is 1.36. The molecule has 0 spiro atoms. The molecule has 1 fully saturated rings. The van der Waals surface area contributed by atoms with Crippen molar-refractivity contribution in [2.24, 2.45) is 0 Å². The van der Waals surface area contributed by atoms with E-state index in [1.807, 2.05) is 50.2 Å². The summed E-state index contributed by atoms with van der Waals surface area (Å²) in [6.07, 6.45) is 0. The van der Waals surface area contributed by atoms with Crippen molar-refractivity contribution >= 4 is 21.7 Å². The lowest BCUT2D eigenvalue weighted by Gasteiger charge is -2.34. The number of aryl methyl sites for hydroxylation is 1. The first-order chi connectivity index (χ1) is 11.9. The Balaban J connectivity index is 1.68. The number of nitrogens with zero attached hydrogens (tertiary/aromatic N) is 5. The minimum Gasteiger partial charge on any atom is -0.361 e. The van der Waals surface area contributed by atoms with E-state index in [0.717, 1.165) is 17.2 Å². The van der Waals surface area contributed by atoms with Crippen molar-refractivity contribution in [3.05, 3.63) is 42.0 Å². The first-order valence-electron chi connectivity index (χ1n) is 8.21. The van der Waals surface area contributed by atoms with Gasteiger partial charge in [-0.15, -0.1) is 10.2 Å². The van der Waals surface area contributed by atoms with Gasteiger partial charge in [0, 0.05) is 40.3 Å². The molecule has 0 aliphatic carbocycles. The zero-order valence-electron chi connectivity index (χ0n) is 14.8. The highest BCUT2D eigenvalue weighted by Gasteiger charge is 2.28.